The summed E-state index contributed by atoms with van der Waals surface area (Å²) in [6.07, 6.45) is 0.283. The Morgan fingerprint density at radius 3 is 2.12 bits per heavy atom. The third-order valence-corrected chi connectivity index (χ3v) is 6.35. The molecule has 182 valence electrons. The van der Waals surface area contributed by atoms with Gasteiger partial charge in [-0.25, -0.2) is 4.79 Å². The first-order valence-electron chi connectivity index (χ1n) is 11.9. The molecule has 1 unspecified atom stereocenters. The van der Waals surface area contributed by atoms with E-state index in [1.165, 1.54) is 22.3 Å². The maximum atomic E-state index is 12.3. The van der Waals surface area contributed by atoms with Gasteiger partial charge in [-0.1, -0.05) is 69.3 Å². The van der Waals surface area contributed by atoms with Crippen LogP contribution in [0.3, 0.4) is 0 Å². The van der Waals surface area contributed by atoms with E-state index in [0.29, 0.717) is 13.0 Å². The molecule has 0 heterocycles. The van der Waals surface area contributed by atoms with E-state index in [0.717, 1.165) is 0 Å². The average molecular weight is 467 g/mol. The van der Waals surface area contributed by atoms with Crippen molar-refractivity contribution < 1.29 is 24.2 Å². The minimum absolute atomic E-state index is 0.0129. The summed E-state index contributed by atoms with van der Waals surface area (Å²) >= 11 is 0. The predicted molar refractivity (Wildman–Crippen MR) is 130 cm³/mol. The van der Waals surface area contributed by atoms with Crippen LogP contribution in [0, 0.1) is 11.8 Å². The molecule has 1 aliphatic carbocycles. The molecule has 2 aromatic carbocycles. The second kappa shape index (κ2) is 11.7. The van der Waals surface area contributed by atoms with Gasteiger partial charge in [0.25, 0.3) is 0 Å². The summed E-state index contributed by atoms with van der Waals surface area (Å²) < 4.78 is 5.55. The fraction of sp³-hybridized carbons (Fsp3) is 0.444. The van der Waals surface area contributed by atoms with Crippen LogP contribution in [-0.2, 0) is 14.3 Å². The molecule has 0 saturated carbocycles. The highest BCUT2D eigenvalue weighted by atomic mass is 16.5. The zero-order chi connectivity index (χ0) is 24.7. The number of fused-ring (bicyclic) bond motifs is 3. The molecular weight excluding hydrogens is 432 g/mol. The third-order valence-electron chi connectivity index (χ3n) is 6.35. The van der Waals surface area contributed by atoms with E-state index in [2.05, 4.69) is 34.9 Å². The van der Waals surface area contributed by atoms with Gasteiger partial charge < -0.3 is 20.5 Å². The lowest BCUT2D eigenvalue weighted by Crippen LogP contribution is -2.40. The van der Waals surface area contributed by atoms with Crippen LogP contribution in [-0.4, -0.2) is 42.3 Å². The standard InChI is InChI=1S/C27H34N2O5/c1-17(2)24(14-26(31)32)29-25(30)13-12-18(3)15-28-27(33)34-16-23-21-10-6-4-8-19(21)20-9-5-7-11-22(20)23/h4-11,17-18,23-24H,12-16H2,1-3H3,(H,28,33)(H,29,30)(H,31,32)/t18?,24-/m0/s1. The van der Waals surface area contributed by atoms with Crippen molar-refractivity contribution in [3.05, 3.63) is 59.7 Å². The molecule has 2 atom stereocenters. The first-order valence-corrected chi connectivity index (χ1v) is 11.9. The van der Waals surface area contributed by atoms with Gasteiger partial charge in [-0.3, -0.25) is 9.59 Å². The van der Waals surface area contributed by atoms with Gasteiger partial charge in [0.1, 0.15) is 6.61 Å². The van der Waals surface area contributed by atoms with Crippen molar-refractivity contribution in [2.24, 2.45) is 11.8 Å². The van der Waals surface area contributed by atoms with E-state index < -0.39 is 12.1 Å². The van der Waals surface area contributed by atoms with Crippen LogP contribution in [0.15, 0.2) is 48.5 Å². The van der Waals surface area contributed by atoms with E-state index in [1.54, 1.807) is 0 Å². The highest BCUT2D eigenvalue weighted by Crippen LogP contribution is 2.44. The number of alkyl carbamates (subject to hydrolysis) is 1. The van der Waals surface area contributed by atoms with Crippen LogP contribution in [0.1, 0.15) is 57.1 Å². The van der Waals surface area contributed by atoms with E-state index in [9.17, 15) is 14.4 Å². The van der Waals surface area contributed by atoms with Gasteiger partial charge in [0.05, 0.1) is 6.42 Å². The molecule has 34 heavy (non-hydrogen) atoms. The third kappa shape index (κ3) is 6.59. The number of hydrogen-bond acceptors (Lipinski definition) is 4. The predicted octanol–water partition coefficient (Wildman–Crippen LogP) is 4.56. The van der Waals surface area contributed by atoms with Crippen molar-refractivity contribution in [3.8, 4) is 11.1 Å². The molecule has 0 spiro atoms. The average Bonchev–Trinajstić information content (AvgIpc) is 3.13. The number of rotatable bonds is 11. The van der Waals surface area contributed by atoms with Gasteiger partial charge in [-0.2, -0.15) is 0 Å². The SMILES string of the molecule is CC(CCC(=O)N[C@@H](CC(=O)O)C(C)C)CNC(=O)OCC1c2ccccc2-c2ccccc21. The van der Waals surface area contributed by atoms with Gasteiger partial charge in [-0.15, -0.1) is 0 Å². The molecule has 3 rings (SSSR count). The van der Waals surface area contributed by atoms with Gasteiger partial charge in [0, 0.05) is 24.9 Å². The lowest BCUT2D eigenvalue weighted by Gasteiger charge is -2.21. The zero-order valence-electron chi connectivity index (χ0n) is 20.0. The normalized spacial score (nSPS) is 14.1. The highest BCUT2D eigenvalue weighted by molar-refractivity contribution is 5.79. The largest absolute Gasteiger partial charge is 0.481 e. The Labute approximate surface area is 200 Å². The summed E-state index contributed by atoms with van der Waals surface area (Å²) in [6.45, 7) is 6.38. The van der Waals surface area contributed by atoms with E-state index in [-0.39, 0.29) is 49.2 Å². The number of ether oxygens (including phenoxy) is 1. The lowest BCUT2D eigenvalue weighted by atomic mass is 9.98. The van der Waals surface area contributed by atoms with Crippen molar-refractivity contribution in [2.45, 2.75) is 52.0 Å². The number of aliphatic carboxylic acids is 1. The molecular formula is C27H34N2O5. The number of benzene rings is 2. The molecule has 0 radical (unpaired) electrons. The van der Waals surface area contributed by atoms with Gasteiger partial charge in [0.2, 0.25) is 5.91 Å². The monoisotopic (exact) mass is 466 g/mol. The van der Waals surface area contributed by atoms with Crippen LogP contribution in [0.4, 0.5) is 4.79 Å². The molecule has 0 saturated heterocycles. The van der Waals surface area contributed by atoms with Gasteiger partial charge in [0.15, 0.2) is 0 Å². The Balaban J connectivity index is 1.42. The molecule has 1 aliphatic rings. The molecule has 2 aromatic rings. The maximum absolute atomic E-state index is 12.3. The number of nitrogens with one attached hydrogen (secondary N) is 2. The quantitative estimate of drug-likeness (QED) is 0.450. The van der Waals surface area contributed by atoms with Crippen LogP contribution in [0.2, 0.25) is 0 Å². The van der Waals surface area contributed by atoms with Crippen LogP contribution in [0.25, 0.3) is 11.1 Å². The van der Waals surface area contributed by atoms with Gasteiger partial charge in [-0.05, 0) is 40.5 Å². The minimum Gasteiger partial charge on any atom is -0.481 e. The smallest absolute Gasteiger partial charge is 0.407 e. The van der Waals surface area contributed by atoms with Crippen molar-refractivity contribution in [1.29, 1.82) is 0 Å². The number of amides is 2. The van der Waals surface area contributed by atoms with Crippen LogP contribution in [0.5, 0.6) is 0 Å². The second-order valence-electron chi connectivity index (χ2n) is 9.37. The number of hydrogen-bond donors (Lipinski definition) is 3. The molecule has 3 N–H and O–H groups in total. The highest BCUT2D eigenvalue weighted by Gasteiger charge is 2.29. The molecule has 0 fully saturated rings. The number of carboxylic acids is 1. The number of carbonyl (C=O) groups is 3. The van der Waals surface area contributed by atoms with E-state index in [4.69, 9.17) is 9.84 Å². The summed E-state index contributed by atoms with van der Waals surface area (Å²) in [4.78, 5) is 35.5. The second-order valence-corrected chi connectivity index (χ2v) is 9.37. The molecule has 0 aliphatic heterocycles. The summed E-state index contributed by atoms with van der Waals surface area (Å²) in [6, 6.07) is 16.0. The Morgan fingerprint density at radius 2 is 1.56 bits per heavy atom. The number of carboxylic acid groups (broad SMARTS) is 1. The molecule has 7 nitrogen and oxygen atoms in total. The summed E-state index contributed by atoms with van der Waals surface area (Å²) in [5, 5.41) is 14.6. The van der Waals surface area contributed by atoms with Crippen molar-refractivity contribution in [2.75, 3.05) is 13.2 Å². The van der Waals surface area contributed by atoms with Crippen LogP contribution >= 0.6 is 0 Å². The van der Waals surface area contributed by atoms with E-state index >= 15 is 0 Å². The summed E-state index contributed by atoms with van der Waals surface area (Å²) in [5.74, 6) is -0.984. The fourth-order valence-corrected chi connectivity index (χ4v) is 4.31. The zero-order valence-corrected chi connectivity index (χ0v) is 20.0. The topological polar surface area (TPSA) is 105 Å². The Kier molecular flexibility index (Phi) is 8.68. The molecule has 7 heteroatoms. The Morgan fingerprint density at radius 1 is 0.971 bits per heavy atom. The van der Waals surface area contributed by atoms with Crippen molar-refractivity contribution in [1.82, 2.24) is 10.6 Å². The van der Waals surface area contributed by atoms with Crippen molar-refractivity contribution in [3.63, 3.8) is 0 Å². The van der Waals surface area contributed by atoms with Crippen LogP contribution < -0.4 is 10.6 Å². The minimum atomic E-state index is -0.931. The maximum Gasteiger partial charge on any atom is 0.407 e. The molecule has 0 aromatic heterocycles. The summed E-state index contributed by atoms with van der Waals surface area (Å²) in [7, 11) is 0. The van der Waals surface area contributed by atoms with Crippen molar-refractivity contribution >= 4 is 18.0 Å². The Hall–Kier alpha value is -3.35. The first kappa shape index (κ1) is 25.3. The molecule has 0 bridgehead atoms. The number of carbonyl (C=O) groups excluding carboxylic acids is 2. The fourth-order valence-electron chi connectivity index (χ4n) is 4.31. The Bertz CT molecular complexity index is 974. The molecule has 2 amide bonds. The first-order chi connectivity index (χ1) is 16.3. The van der Waals surface area contributed by atoms with Gasteiger partial charge >= 0.3 is 12.1 Å². The lowest BCUT2D eigenvalue weighted by molar-refractivity contribution is -0.138. The van der Waals surface area contributed by atoms with E-state index in [1.807, 2.05) is 45.0 Å². The summed E-state index contributed by atoms with van der Waals surface area (Å²) in [5.41, 5.74) is 4.70.